The van der Waals surface area contributed by atoms with E-state index in [1.165, 1.54) is 18.3 Å². The summed E-state index contributed by atoms with van der Waals surface area (Å²) in [7, 11) is -3.98. The van der Waals surface area contributed by atoms with Crippen LogP contribution in [-0.2, 0) is 10.0 Å². The fourth-order valence-corrected chi connectivity index (χ4v) is 5.00. The van der Waals surface area contributed by atoms with Crippen LogP contribution in [0.1, 0.15) is 23.8 Å². The molecule has 1 aliphatic rings. The predicted molar refractivity (Wildman–Crippen MR) is 120 cm³/mol. The van der Waals surface area contributed by atoms with Gasteiger partial charge >= 0.3 is 0 Å². The topological polar surface area (TPSA) is 90.7 Å². The van der Waals surface area contributed by atoms with Crippen molar-refractivity contribution in [2.24, 2.45) is 0 Å². The van der Waals surface area contributed by atoms with Crippen LogP contribution in [0.2, 0.25) is 5.02 Å². The third-order valence-electron chi connectivity index (χ3n) is 5.15. The zero-order chi connectivity index (χ0) is 22.1. The normalized spacial score (nSPS) is 14.8. The van der Waals surface area contributed by atoms with E-state index in [2.05, 4.69) is 9.71 Å². The summed E-state index contributed by atoms with van der Waals surface area (Å²) in [6, 6.07) is 14.6. The lowest BCUT2D eigenvalue weighted by Gasteiger charge is -2.19. The number of rotatable bonds is 5. The van der Waals surface area contributed by atoms with Gasteiger partial charge in [-0.1, -0.05) is 29.8 Å². The number of hydrogen-bond donors (Lipinski definition) is 1. The first-order chi connectivity index (χ1) is 15.5. The second-order valence-electron chi connectivity index (χ2n) is 7.30. The van der Waals surface area contributed by atoms with Crippen LogP contribution >= 0.6 is 11.6 Å². The number of fused-ring (bicyclic) bond motifs is 2. The highest BCUT2D eigenvalue weighted by Crippen LogP contribution is 2.35. The molecule has 4 aromatic rings. The number of pyridine rings is 1. The molecule has 3 heterocycles. The Morgan fingerprint density at radius 3 is 2.62 bits per heavy atom. The molecular formula is C23H19ClN2O5S. The van der Waals surface area contributed by atoms with Crippen LogP contribution in [0.5, 0.6) is 11.5 Å². The van der Waals surface area contributed by atoms with Gasteiger partial charge in [-0.2, -0.15) is 4.72 Å². The fourth-order valence-electron chi connectivity index (χ4n) is 3.57. The number of furan rings is 1. The van der Waals surface area contributed by atoms with Crippen molar-refractivity contribution in [3.63, 3.8) is 0 Å². The average molecular weight is 471 g/mol. The van der Waals surface area contributed by atoms with E-state index in [1.807, 2.05) is 24.3 Å². The summed E-state index contributed by atoms with van der Waals surface area (Å²) in [6.07, 6.45) is 3.75. The highest BCUT2D eigenvalue weighted by Gasteiger charge is 2.28. The minimum atomic E-state index is -3.98. The van der Waals surface area contributed by atoms with Gasteiger partial charge in [0.05, 0.1) is 23.1 Å². The zero-order valence-electron chi connectivity index (χ0n) is 16.8. The summed E-state index contributed by atoms with van der Waals surface area (Å²) in [6.45, 7) is 0.976. The lowest BCUT2D eigenvalue weighted by molar-refractivity contribution is 0.297. The third kappa shape index (κ3) is 4.04. The van der Waals surface area contributed by atoms with E-state index in [0.717, 1.165) is 11.8 Å². The molecule has 0 aliphatic carbocycles. The molecule has 0 saturated heterocycles. The smallest absolute Gasteiger partial charge is 0.241 e. The van der Waals surface area contributed by atoms with Gasteiger partial charge in [0, 0.05) is 30.3 Å². The van der Waals surface area contributed by atoms with Gasteiger partial charge in [-0.05, 0) is 35.9 Å². The van der Waals surface area contributed by atoms with Gasteiger partial charge in [0.25, 0.3) is 0 Å². The van der Waals surface area contributed by atoms with Crippen molar-refractivity contribution in [2.75, 3.05) is 13.2 Å². The Kier molecular flexibility index (Phi) is 5.50. The first kappa shape index (κ1) is 20.8. The van der Waals surface area contributed by atoms with E-state index in [1.54, 1.807) is 24.4 Å². The second-order valence-corrected chi connectivity index (χ2v) is 9.42. The van der Waals surface area contributed by atoms with E-state index in [-0.39, 0.29) is 4.90 Å². The molecule has 32 heavy (non-hydrogen) atoms. The maximum atomic E-state index is 13.4. The number of hydrogen-bond acceptors (Lipinski definition) is 6. The molecule has 2 aromatic carbocycles. The molecule has 1 aliphatic heterocycles. The third-order valence-corrected chi connectivity index (χ3v) is 6.88. The van der Waals surface area contributed by atoms with Gasteiger partial charge in [-0.25, -0.2) is 8.42 Å². The van der Waals surface area contributed by atoms with Gasteiger partial charge in [-0.3, -0.25) is 4.98 Å². The molecule has 7 nitrogen and oxygen atoms in total. The SMILES string of the molecule is O=S(=O)(NC(c1cc2ccccc2o1)c1ccncc1Cl)c1ccc2c(c1)OCCCO2. The molecule has 9 heteroatoms. The van der Waals surface area contributed by atoms with Crippen LogP contribution in [-0.4, -0.2) is 26.6 Å². The summed E-state index contributed by atoms with van der Waals surface area (Å²) in [5.74, 6) is 1.33. The van der Waals surface area contributed by atoms with E-state index in [0.29, 0.717) is 46.6 Å². The van der Waals surface area contributed by atoms with Gasteiger partial charge in [-0.15, -0.1) is 0 Å². The molecule has 0 spiro atoms. The van der Waals surface area contributed by atoms with Gasteiger partial charge in [0.15, 0.2) is 11.5 Å². The van der Waals surface area contributed by atoms with Crippen LogP contribution in [0.3, 0.4) is 0 Å². The largest absolute Gasteiger partial charge is 0.490 e. The van der Waals surface area contributed by atoms with E-state index >= 15 is 0 Å². The number of benzene rings is 2. The van der Waals surface area contributed by atoms with Crippen LogP contribution in [0, 0.1) is 0 Å². The minimum Gasteiger partial charge on any atom is -0.490 e. The van der Waals surface area contributed by atoms with Crippen LogP contribution < -0.4 is 14.2 Å². The molecule has 0 fully saturated rings. The van der Waals surface area contributed by atoms with Crippen LogP contribution in [0.4, 0.5) is 0 Å². The number of nitrogens with one attached hydrogen (secondary N) is 1. The number of aromatic nitrogens is 1. The first-order valence-corrected chi connectivity index (χ1v) is 11.9. The summed E-state index contributed by atoms with van der Waals surface area (Å²) in [5, 5.41) is 1.17. The lowest BCUT2D eigenvalue weighted by Crippen LogP contribution is -2.29. The monoisotopic (exact) mass is 470 g/mol. The van der Waals surface area contributed by atoms with Crippen LogP contribution in [0.25, 0.3) is 11.0 Å². The van der Waals surface area contributed by atoms with E-state index in [4.69, 9.17) is 25.5 Å². The Labute approximate surface area is 190 Å². The fraction of sp³-hybridized carbons (Fsp3) is 0.174. The number of sulfonamides is 1. The molecular weight excluding hydrogens is 452 g/mol. The molecule has 1 atom stereocenters. The molecule has 5 rings (SSSR count). The Hall–Kier alpha value is -3.07. The summed E-state index contributed by atoms with van der Waals surface area (Å²) >= 11 is 6.38. The van der Waals surface area contributed by atoms with E-state index in [9.17, 15) is 8.42 Å². The molecule has 0 amide bonds. The van der Waals surface area contributed by atoms with Crippen molar-refractivity contribution < 1.29 is 22.3 Å². The summed E-state index contributed by atoms with van der Waals surface area (Å²) in [5.41, 5.74) is 1.17. The maximum Gasteiger partial charge on any atom is 0.241 e. The second kappa shape index (κ2) is 8.46. The molecule has 0 radical (unpaired) electrons. The highest BCUT2D eigenvalue weighted by molar-refractivity contribution is 7.89. The minimum absolute atomic E-state index is 0.0491. The van der Waals surface area contributed by atoms with Crippen LogP contribution in [0.15, 0.2) is 76.3 Å². The van der Waals surface area contributed by atoms with Crippen molar-refractivity contribution in [1.82, 2.24) is 9.71 Å². The van der Waals surface area contributed by atoms with E-state index < -0.39 is 16.1 Å². The molecule has 2 aromatic heterocycles. The lowest BCUT2D eigenvalue weighted by atomic mass is 10.1. The van der Waals surface area contributed by atoms with Crippen molar-refractivity contribution in [1.29, 1.82) is 0 Å². The summed E-state index contributed by atoms with van der Waals surface area (Å²) < 4.78 is 46.7. The van der Waals surface area contributed by atoms with Crippen molar-refractivity contribution >= 4 is 32.6 Å². The average Bonchev–Trinajstić information content (AvgIpc) is 3.08. The Balaban J connectivity index is 1.56. The number of halogens is 1. The molecule has 164 valence electrons. The molecule has 0 bridgehead atoms. The van der Waals surface area contributed by atoms with Gasteiger partial charge in [0.1, 0.15) is 17.4 Å². The van der Waals surface area contributed by atoms with Crippen molar-refractivity contribution in [2.45, 2.75) is 17.4 Å². The maximum absolute atomic E-state index is 13.4. The number of para-hydroxylation sites is 1. The standard InChI is InChI=1S/C23H19ClN2O5S/c24-18-14-25-9-8-17(18)23(22-12-15-4-1-2-5-19(15)31-22)26-32(27,28)16-6-7-20-21(13-16)30-11-3-10-29-20/h1-2,4-9,12-14,23,26H,3,10-11H2. The summed E-state index contributed by atoms with van der Waals surface area (Å²) in [4.78, 5) is 4.05. The predicted octanol–water partition coefficient (Wildman–Crippen LogP) is 4.71. The number of ether oxygens (including phenoxy) is 2. The van der Waals surface area contributed by atoms with Gasteiger partial charge < -0.3 is 13.9 Å². The Morgan fingerprint density at radius 2 is 1.81 bits per heavy atom. The van der Waals surface area contributed by atoms with Gasteiger partial charge in [0.2, 0.25) is 10.0 Å². The van der Waals surface area contributed by atoms with Crippen molar-refractivity contribution in [3.8, 4) is 11.5 Å². The number of nitrogens with zero attached hydrogens (tertiary/aromatic N) is 1. The van der Waals surface area contributed by atoms with Crippen molar-refractivity contribution in [3.05, 3.63) is 83.3 Å². The zero-order valence-corrected chi connectivity index (χ0v) is 18.4. The molecule has 1 unspecified atom stereocenters. The first-order valence-electron chi connectivity index (χ1n) is 10.0. The Bertz CT molecular complexity index is 1350. The molecule has 1 N–H and O–H groups in total. The quantitative estimate of drug-likeness (QED) is 0.454. The molecule has 0 saturated carbocycles. The Morgan fingerprint density at radius 1 is 1.00 bits per heavy atom. The highest BCUT2D eigenvalue weighted by atomic mass is 35.5.